The van der Waals surface area contributed by atoms with Gasteiger partial charge in [0, 0.05) is 23.8 Å². The van der Waals surface area contributed by atoms with Gasteiger partial charge in [0.1, 0.15) is 6.04 Å². The lowest BCUT2D eigenvalue weighted by atomic mass is 10.0. The number of hydrogen-bond acceptors (Lipinski definition) is 2. The largest absolute Gasteiger partial charge is 0.341 e. The van der Waals surface area contributed by atoms with E-state index in [0.717, 1.165) is 25.9 Å². The molecule has 1 aromatic carbocycles. The van der Waals surface area contributed by atoms with Crippen LogP contribution in [0, 0.1) is 5.92 Å². The number of benzene rings is 1. The molecule has 5 nitrogen and oxygen atoms in total. The number of urea groups is 1. The van der Waals surface area contributed by atoms with E-state index in [2.05, 4.69) is 10.6 Å². The molecular formula is C18H26ClN3O2. The van der Waals surface area contributed by atoms with Crippen molar-refractivity contribution in [3.8, 4) is 0 Å². The summed E-state index contributed by atoms with van der Waals surface area (Å²) in [6.45, 7) is 5.66. The molecule has 0 bridgehead atoms. The summed E-state index contributed by atoms with van der Waals surface area (Å²) >= 11 is 5.92. The molecule has 1 saturated heterocycles. The van der Waals surface area contributed by atoms with E-state index in [1.807, 2.05) is 18.7 Å². The van der Waals surface area contributed by atoms with Crippen molar-refractivity contribution in [2.45, 2.75) is 45.6 Å². The highest BCUT2D eigenvalue weighted by atomic mass is 35.5. The maximum absolute atomic E-state index is 12.7. The number of piperidine rings is 1. The fourth-order valence-corrected chi connectivity index (χ4v) is 3.11. The molecule has 132 valence electrons. The Morgan fingerprint density at radius 3 is 2.54 bits per heavy atom. The summed E-state index contributed by atoms with van der Waals surface area (Å²) in [6, 6.07) is 6.06. The van der Waals surface area contributed by atoms with Gasteiger partial charge in [0.25, 0.3) is 0 Å². The number of carbonyl (C=O) groups excluding carboxylic acids is 2. The minimum atomic E-state index is -0.498. The van der Waals surface area contributed by atoms with E-state index in [9.17, 15) is 9.59 Å². The number of rotatable bonds is 5. The van der Waals surface area contributed by atoms with E-state index in [-0.39, 0.29) is 11.9 Å². The summed E-state index contributed by atoms with van der Waals surface area (Å²) < 4.78 is 0. The average Bonchev–Trinajstić information content (AvgIpc) is 2.54. The first-order chi connectivity index (χ1) is 11.5. The van der Waals surface area contributed by atoms with E-state index in [1.54, 1.807) is 24.3 Å². The molecule has 3 amide bonds. The minimum absolute atomic E-state index is 0.0182. The molecule has 0 aromatic heterocycles. The molecule has 1 heterocycles. The van der Waals surface area contributed by atoms with Crippen LogP contribution >= 0.6 is 11.6 Å². The first-order valence-corrected chi connectivity index (χ1v) is 8.95. The second-order valence-corrected chi connectivity index (χ2v) is 7.11. The Bertz CT molecular complexity index is 571. The predicted molar refractivity (Wildman–Crippen MR) is 97.3 cm³/mol. The number of anilines is 1. The van der Waals surface area contributed by atoms with Gasteiger partial charge in [0.15, 0.2) is 0 Å². The highest BCUT2D eigenvalue weighted by Gasteiger charge is 2.27. The van der Waals surface area contributed by atoms with Crippen molar-refractivity contribution < 1.29 is 9.59 Å². The van der Waals surface area contributed by atoms with Crippen LogP contribution in [-0.2, 0) is 4.79 Å². The summed E-state index contributed by atoms with van der Waals surface area (Å²) in [4.78, 5) is 26.9. The van der Waals surface area contributed by atoms with Gasteiger partial charge in [0.05, 0.1) is 0 Å². The summed E-state index contributed by atoms with van der Waals surface area (Å²) in [5.74, 6) is 0.333. The third kappa shape index (κ3) is 5.71. The zero-order valence-corrected chi connectivity index (χ0v) is 15.1. The zero-order valence-electron chi connectivity index (χ0n) is 14.3. The Labute approximate surface area is 148 Å². The fraction of sp³-hybridized carbons (Fsp3) is 0.556. The second kappa shape index (κ2) is 8.92. The van der Waals surface area contributed by atoms with Crippen molar-refractivity contribution in [2.24, 2.45) is 5.92 Å². The highest BCUT2D eigenvalue weighted by Crippen LogP contribution is 2.16. The maximum Gasteiger partial charge on any atom is 0.319 e. The fourth-order valence-electron chi connectivity index (χ4n) is 2.92. The quantitative estimate of drug-likeness (QED) is 0.845. The van der Waals surface area contributed by atoms with Gasteiger partial charge in [-0.25, -0.2) is 4.79 Å². The number of nitrogens with one attached hydrogen (secondary N) is 2. The van der Waals surface area contributed by atoms with E-state index in [0.29, 0.717) is 23.0 Å². The third-order valence-corrected chi connectivity index (χ3v) is 4.30. The maximum atomic E-state index is 12.7. The first kappa shape index (κ1) is 18.6. The van der Waals surface area contributed by atoms with Crippen LogP contribution in [-0.4, -0.2) is 36.0 Å². The van der Waals surface area contributed by atoms with Gasteiger partial charge in [-0.1, -0.05) is 31.5 Å². The summed E-state index contributed by atoms with van der Waals surface area (Å²) in [7, 11) is 0. The van der Waals surface area contributed by atoms with Gasteiger partial charge in [-0.05, 0) is 49.8 Å². The van der Waals surface area contributed by atoms with Crippen molar-refractivity contribution in [3.63, 3.8) is 0 Å². The molecule has 6 heteroatoms. The van der Waals surface area contributed by atoms with Gasteiger partial charge in [-0.2, -0.15) is 0 Å². The number of nitrogens with zero attached hydrogens (tertiary/aromatic N) is 1. The van der Waals surface area contributed by atoms with Crippen LogP contribution < -0.4 is 10.6 Å². The molecule has 1 atom stereocenters. The van der Waals surface area contributed by atoms with Gasteiger partial charge in [-0.3, -0.25) is 4.79 Å². The van der Waals surface area contributed by atoms with E-state index < -0.39 is 6.04 Å². The summed E-state index contributed by atoms with van der Waals surface area (Å²) in [5, 5.41) is 6.12. The van der Waals surface area contributed by atoms with Crippen molar-refractivity contribution in [2.75, 3.05) is 18.4 Å². The van der Waals surface area contributed by atoms with Crippen LogP contribution in [0.25, 0.3) is 0 Å². The highest BCUT2D eigenvalue weighted by molar-refractivity contribution is 6.30. The lowest BCUT2D eigenvalue weighted by Crippen LogP contribution is -2.51. The molecule has 24 heavy (non-hydrogen) atoms. The predicted octanol–water partition coefficient (Wildman–Crippen LogP) is 3.89. The standard InChI is InChI=1S/C18H26ClN3O2/c1-13(2)11-16(17(23)22-9-4-3-5-10-22)21-18(24)20-15-8-6-7-14(19)12-15/h6-8,12-13,16H,3-5,9-11H2,1-2H3,(H2,20,21,24)/t16-/m0/s1. The van der Waals surface area contributed by atoms with Crippen molar-refractivity contribution in [3.05, 3.63) is 29.3 Å². The van der Waals surface area contributed by atoms with E-state index in [4.69, 9.17) is 11.6 Å². The Morgan fingerprint density at radius 1 is 1.21 bits per heavy atom. The monoisotopic (exact) mass is 351 g/mol. The van der Waals surface area contributed by atoms with Crippen LogP contribution in [0.5, 0.6) is 0 Å². The van der Waals surface area contributed by atoms with Crippen molar-refractivity contribution in [1.82, 2.24) is 10.2 Å². The SMILES string of the molecule is CC(C)C[C@H](NC(=O)Nc1cccc(Cl)c1)C(=O)N1CCCCC1. The number of hydrogen-bond donors (Lipinski definition) is 2. The molecule has 1 aliphatic rings. The van der Waals surface area contributed by atoms with Gasteiger partial charge in [0.2, 0.25) is 5.91 Å². The molecule has 0 saturated carbocycles. The molecular weight excluding hydrogens is 326 g/mol. The van der Waals surface area contributed by atoms with Gasteiger partial charge < -0.3 is 15.5 Å². The van der Waals surface area contributed by atoms with Crippen molar-refractivity contribution in [1.29, 1.82) is 0 Å². The Hall–Kier alpha value is -1.75. The smallest absolute Gasteiger partial charge is 0.319 e. The lowest BCUT2D eigenvalue weighted by molar-refractivity contribution is -0.134. The van der Waals surface area contributed by atoms with Crippen LogP contribution in [0.3, 0.4) is 0 Å². The minimum Gasteiger partial charge on any atom is -0.341 e. The third-order valence-electron chi connectivity index (χ3n) is 4.06. The van der Waals surface area contributed by atoms with Crippen molar-refractivity contribution >= 4 is 29.2 Å². The number of carbonyl (C=O) groups is 2. The molecule has 0 spiro atoms. The molecule has 0 radical (unpaired) electrons. The van der Waals surface area contributed by atoms with Crippen LogP contribution in [0.1, 0.15) is 39.5 Å². The van der Waals surface area contributed by atoms with E-state index in [1.165, 1.54) is 6.42 Å². The molecule has 2 N–H and O–H groups in total. The van der Waals surface area contributed by atoms with E-state index >= 15 is 0 Å². The van der Waals surface area contributed by atoms with Crippen LogP contribution in [0.4, 0.5) is 10.5 Å². The number of amides is 3. The zero-order chi connectivity index (χ0) is 17.5. The molecule has 0 unspecified atom stereocenters. The molecule has 0 aliphatic carbocycles. The second-order valence-electron chi connectivity index (χ2n) is 6.68. The Morgan fingerprint density at radius 2 is 1.92 bits per heavy atom. The van der Waals surface area contributed by atoms with Gasteiger partial charge >= 0.3 is 6.03 Å². The average molecular weight is 352 g/mol. The molecule has 2 rings (SSSR count). The van der Waals surface area contributed by atoms with Gasteiger partial charge in [-0.15, -0.1) is 0 Å². The summed E-state index contributed by atoms with van der Waals surface area (Å²) in [5.41, 5.74) is 0.605. The van der Waals surface area contributed by atoms with Crippen LogP contribution in [0.2, 0.25) is 5.02 Å². The first-order valence-electron chi connectivity index (χ1n) is 8.57. The summed E-state index contributed by atoms with van der Waals surface area (Å²) in [6.07, 6.45) is 3.86. The Kier molecular flexibility index (Phi) is 6.91. The Balaban J connectivity index is 1.99. The normalized spacial score (nSPS) is 15.9. The molecule has 1 fully saturated rings. The molecule has 1 aliphatic heterocycles. The van der Waals surface area contributed by atoms with Crippen LogP contribution in [0.15, 0.2) is 24.3 Å². The number of likely N-dealkylation sites (tertiary alicyclic amines) is 1. The topological polar surface area (TPSA) is 61.4 Å². The molecule has 1 aromatic rings. The lowest BCUT2D eigenvalue weighted by Gasteiger charge is -2.31. The number of halogens is 1.